The van der Waals surface area contributed by atoms with E-state index in [0.717, 1.165) is 25.2 Å². The minimum absolute atomic E-state index is 0.513. The van der Waals surface area contributed by atoms with Crippen molar-refractivity contribution in [2.24, 2.45) is 0 Å². The van der Waals surface area contributed by atoms with Gasteiger partial charge >= 0.3 is 0 Å². The SMILES string of the molecule is CCCNC(C)(C#N)Cn1ccnc1CC. The Bertz CT molecular complexity index is 363. The molecular formula is C12H20N4. The monoisotopic (exact) mass is 220 g/mol. The molecule has 0 bridgehead atoms. The third kappa shape index (κ3) is 3.07. The molecule has 0 radical (unpaired) electrons. The molecule has 1 unspecified atom stereocenters. The second-order valence-electron chi connectivity index (χ2n) is 4.20. The summed E-state index contributed by atoms with van der Waals surface area (Å²) in [6.45, 7) is 7.61. The minimum atomic E-state index is -0.513. The maximum Gasteiger partial charge on any atom is 0.122 e. The maximum atomic E-state index is 9.23. The zero-order chi connectivity index (χ0) is 12.0. The Morgan fingerprint density at radius 2 is 2.31 bits per heavy atom. The zero-order valence-corrected chi connectivity index (χ0v) is 10.3. The summed E-state index contributed by atoms with van der Waals surface area (Å²) in [6.07, 6.45) is 5.64. The van der Waals surface area contributed by atoms with E-state index in [1.165, 1.54) is 0 Å². The number of hydrogen-bond acceptors (Lipinski definition) is 3. The molecule has 0 amide bonds. The van der Waals surface area contributed by atoms with Crippen molar-refractivity contribution in [3.63, 3.8) is 0 Å². The molecule has 1 aromatic rings. The van der Waals surface area contributed by atoms with Crippen LogP contribution in [0.5, 0.6) is 0 Å². The summed E-state index contributed by atoms with van der Waals surface area (Å²) in [5.74, 6) is 1.03. The molecule has 16 heavy (non-hydrogen) atoms. The zero-order valence-electron chi connectivity index (χ0n) is 10.3. The van der Waals surface area contributed by atoms with Gasteiger partial charge in [0.2, 0.25) is 0 Å². The van der Waals surface area contributed by atoms with Gasteiger partial charge in [0.1, 0.15) is 11.4 Å². The lowest BCUT2D eigenvalue weighted by Crippen LogP contribution is -2.45. The molecule has 0 saturated heterocycles. The highest BCUT2D eigenvalue weighted by molar-refractivity contribution is 5.06. The molecule has 0 fully saturated rings. The van der Waals surface area contributed by atoms with Gasteiger partial charge in [0.05, 0.1) is 12.6 Å². The molecule has 1 atom stereocenters. The Hall–Kier alpha value is -1.34. The second-order valence-corrected chi connectivity index (χ2v) is 4.20. The Kier molecular flexibility index (Phi) is 4.51. The highest BCUT2D eigenvalue weighted by Crippen LogP contribution is 2.09. The highest BCUT2D eigenvalue weighted by atomic mass is 15.1. The van der Waals surface area contributed by atoms with Crippen LogP contribution < -0.4 is 5.32 Å². The summed E-state index contributed by atoms with van der Waals surface area (Å²) in [6, 6.07) is 2.34. The van der Waals surface area contributed by atoms with E-state index in [0.29, 0.717) is 6.54 Å². The first-order chi connectivity index (χ1) is 7.65. The first kappa shape index (κ1) is 12.7. The largest absolute Gasteiger partial charge is 0.332 e. The molecule has 0 aliphatic carbocycles. The van der Waals surface area contributed by atoms with Crippen molar-refractivity contribution in [1.29, 1.82) is 5.26 Å². The van der Waals surface area contributed by atoms with Gasteiger partial charge in [-0.15, -0.1) is 0 Å². The summed E-state index contributed by atoms with van der Waals surface area (Å²) in [5.41, 5.74) is -0.513. The highest BCUT2D eigenvalue weighted by Gasteiger charge is 2.23. The predicted octanol–water partition coefficient (Wildman–Crippen LogP) is 1.73. The van der Waals surface area contributed by atoms with E-state index in [4.69, 9.17) is 0 Å². The summed E-state index contributed by atoms with van der Waals surface area (Å²) >= 11 is 0. The van der Waals surface area contributed by atoms with Crippen molar-refractivity contribution < 1.29 is 0 Å². The normalized spacial score (nSPS) is 14.4. The van der Waals surface area contributed by atoms with Gasteiger partial charge in [0.25, 0.3) is 0 Å². The molecule has 1 aromatic heterocycles. The molecular weight excluding hydrogens is 200 g/mol. The van der Waals surface area contributed by atoms with Crippen LogP contribution in [0.25, 0.3) is 0 Å². The molecule has 1 heterocycles. The number of nitrogens with one attached hydrogen (secondary N) is 1. The van der Waals surface area contributed by atoms with Crippen molar-refractivity contribution in [2.75, 3.05) is 6.54 Å². The van der Waals surface area contributed by atoms with Crippen LogP contribution in [0.4, 0.5) is 0 Å². The fourth-order valence-electron chi connectivity index (χ4n) is 1.67. The number of aryl methyl sites for hydroxylation is 1. The van der Waals surface area contributed by atoms with Crippen LogP contribution in [0.15, 0.2) is 12.4 Å². The molecule has 4 heteroatoms. The fraction of sp³-hybridized carbons (Fsp3) is 0.667. The number of nitriles is 1. The molecule has 1 N–H and O–H groups in total. The van der Waals surface area contributed by atoms with E-state index in [2.05, 4.69) is 30.2 Å². The van der Waals surface area contributed by atoms with Crippen molar-refractivity contribution in [3.05, 3.63) is 18.2 Å². The van der Waals surface area contributed by atoms with E-state index < -0.39 is 5.54 Å². The molecule has 4 nitrogen and oxygen atoms in total. The average Bonchev–Trinajstić information content (AvgIpc) is 2.73. The van der Waals surface area contributed by atoms with Crippen LogP contribution in [0, 0.1) is 11.3 Å². The summed E-state index contributed by atoms with van der Waals surface area (Å²) in [4.78, 5) is 4.26. The quantitative estimate of drug-likeness (QED) is 0.794. The number of hydrogen-bond donors (Lipinski definition) is 1. The second kappa shape index (κ2) is 5.66. The lowest BCUT2D eigenvalue weighted by molar-refractivity contribution is 0.383. The Labute approximate surface area is 97.3 Å². The van der Waals surface area contributed by atoms with Crippen LogP contribution >= 0.6 is 0 Å². The maximum absolute atomic E-state index is 9.23. The van der Waals surface area contributed by atoms with E-state index in [9.17, 15) is 5.26 Å². The van der Waals surface area contributed by atoms with Crippen molar-refractivity contribution in [1.82, 2.24) is 14.9 Å². The van der Waals surface area contributed by atoms with Gasteiger partial charge < -0.3 is 4.57 Å². The topological polar surface area (TPSA) is 53.6 Å². The molecule has 0 aliphatic heterocycles. The molecule has 0 spiro atoms. The first-order valence-corrected chi connectivity index (χ1v) is 5.81. The third-order valence-corrected chi connectivity index (χ3v) is 2.62. The first-order valence-electron chi connectivity index (χ1n) is 5.81. The average molecular weight is 220 g/mol. The van der Waals surface area contributed by atoms with Gasteiger partial charge in [0, 0.05) is 18.8 Å². The van der Waals surface area contributed by atoms with E-state index >= 15 is 0 Å². The third-order valence-electron chi connectivity index (χ3n) is 2.62. The van der Waals surface area contributed by atoms with E-state index in [1.807, 2.05) is 17.7 Å². The molecule has 88 valence electrons. The number of aromatic nitrogens is 2. The Morgan fingerprint density at radius 3 is 2.88 bits per heavy atom. The van der Waals surface area contributed by atoms with E-state index in [1.54, 1.807) is 6.20 Å². The minimum Gasteiger partial charge on any atom is -0.332 e. The van der Waals surface area contributed by atoms with Gasteiger partial charge in [-0.3, -0.25) is 5.32 Å². The van der Waals surface area contributed by atoms with Crippen molar-refractivity contribution in [2.45, 2.75) is 45.7 Å². The van der Waals surface area contributed by atoms with Crippen molar-refractivity contribution >= 4 is 0 Å². The Morgan fingerprint density at radius 1 is 1.56 bits per heavy atom. The molecule has 0 saturated carbocycles. The number of nitrogens with zero attached hydrogens (tertiary/aromatic N) is 3. The fourth-order valence-corrected chi connectivity index (χ4v) is 1.67. The summed E-state index contributed by atoms with van der Waals surface area (Å²) < 4.78 is 2.05. The molecule has 0 aromatic carbocycles. The summed E-state index contributed by atoms with van der Waals surface area (Å²) in [7, 11) is 0. The smallest absolute Gasteiger partial charge is 0.122 e. The predicted molar refractivity (Wildman–Crippen MR) is 63.9 cm³/mol. The molecule has 0 aliphatic rings. The Balaban J connectivity index is 2.73. The lowest BCUT2D eigenvalue weighted by atomic mass is 10.0. The van der Waals surface area contributed by atoms with Crippen LogP contribution in [0.2, 0.25) is 0 Å². The summed E-state index contributed by atoms with van der Waals surface area (Å²) in [5, 5.41) is 12.5. The number of rotatable bonds is 6. The van der Waals surface area contributed by atoms with Gasteiger partial charge in [0.15, 0.2) is 0 Å². The van der Waals surface area contributed by atoms with Crippen LogP contribution in [-0.4, -0.2) is 21.6 Å². The van der Waals surface area contributed by atoms with Gasteiger partial charge in [-0.2, -0.15) is 5.26 Å². The van der Waals surface area contributed by atoms with Gasteiger partial charge in [-0.1, -0.05) is 13.8 Å². The van der Waals surface area contributed by atoms with E-state index in [-0.39, 0.29) is 0 Å². The number of imidazole rings is 1. The van der Waals surface area contributed by atoms with Crippen LogP contribution in [0.1, 0.15) is 33.0 Å². The van der Waals surface area contributed by atoms with Gasteiger partial charge in [-0.05, 0) is 19.9 Å². The standard InChI is InChI=1S/C12H20N4/c1-4-6-15-12(3,9-13)10-16-8-7-14-11(16)5-2/h7-8,15H,4-6,10H2,1-3H3. The van der Waals surface area contributed by atoms with Crippen LogP contribution in [0.3, 0.4) is 0 Å². The lowest BCUT2D eigenvalue weighted by Gasteiger charge is -2.24. The van der Waals surface area contributed by atoms with Gasteiger partial charge in [-0.25, -0.2) is 4.98 Å². The van der Waals surface area contributed by atoms with Crippen molar-refractivity contribution in [3.8, 4) is 6.07 Å². The van der Waals surface area contributed by atoms with Crippen LogP contribution in [-0.2, 0) is 13.0 Å². The molecule has 1 rings (SSSR count).